The number of nitrogens with one attached hydrogen (secondary N) is 1. The summed E-state index contributed by atoms with van der Waals surface area (Å²) in [5, 5.41) is 3.25. The van der Waals surface area contributed by atoms with Crippen LogP contribution in [0.15, 0.2) is 48.5 Å². The third-order valence-corrected chi connectivity index (χ3v) is 14.1. The van der Waals surface area contributed by atoms with Crippen molar-refractivity contribution >= 4 is 20.9 Å². The Bertz CT molecular complexity index is 1640. The average Bonchev–Trinajstić information content (AvgIpc) is 3.35. The van der Waals surface area contributed by atoms with Gasteiger partial charge in [-0.3, -0.25) is 9.59 Å². The van der Waals surface area contributed by atoms with E-state index in [1.807, 2.05) is 57.2 Å². The van der Waals surface area contributed by atoms with Gasteiger partial charge in [-0.2, -0.15) is 0 Å². The molecule has 0 radical (unpaired) electrons. The SMILES string of the molecule is CCCCCCCCCCCCCC(=O)O[C@@H]1[C@@H](NC(=O)c2ccc(OCCCCCCCCCC)c(OCCCCCCCCCC)c2)[C@H](OCc2ccccc2)O[C@H](COC(C)(C)C)[C@H]1O[SiH](C)C. The molecule has 2 aromatic rings. The van der Waals surface area contributed by atoms with E-state index in [1.54, 1.807) is 12.1 Å². The van der Waals surface area contributed by atoms with E-state index in [0.717, 1.165) is 50.5 Å². The molecule has 0 unspecified atom stereocenters. The van der Waals surface area contributed by atoms with E-state index < -0.39 is 45.3 Å². The quantitative estimate of drug-likeness (QED) is 0.0395. The van der Waals surface area contributed by atoms with Gasteiger partial charge in [0.25, 0.3) is 5.91 Å². The van der Waals surface area contributed by atoms with Crippen molar-refractivity contribution in [2.75, 3.05) is 19.8 Å². The van der Waals surface area contributed by atoms with Gasteiger partial charge in [-0.1, -0.05) is 205 Å². The molecule has 0 aromatic heterocycles. The summed E-state index contributed by atoms with van der Waals surface area (Å²) in [7, 11) is -1.76. The van der Waals surface area contributed by atoms with Gasteiger partial charge in [0.05, 0.1) is 32.0 Å². The summed E-state index contributed by atoms with van der Waals surface area (Å²) in [6.07, 6.45) is 29.4. The highest BCUT2D eigenvalue weighted by molar-refractivity contribution is 6.48. The van der Waals surface area contributed by atoms with Crippen molar-refractivity contribution in [2.24, 2.45) is 0 Å². The molecular weight excluding hydrogens is 907 g/mol. The smallest absolute Gasteiger partial charge is 0.306 e. The predicted molar refractivity (Wildman–Crippen MR) is 294 cm³/mol. The molecule has 406 valence electrons. The molecule has 1 amide bonds. The average molecular weight is 1010 g/mol. The Kier molecular flexibility index (Phi) is 33.9. The van der Waals surface area contributed by atoms with E-state index in [9.17, 15) is 9.59 Å². The van der Waals surface area contributed by atoms with Gasteiger partial charge in [-0.25, -0.2) is 0 Å². The first-order valence-electron chi connectivity index (χ1n) is 29.0. The zero-order valence-electron chi connectivity index (χ0n) is 46.4. The third kappa shape index (κ3) is 28.3. The lowest BCUT2D eigenvalue weighted by Crippen LogP contribution is -2.67. The Morgan fingerprint density at radius 2 is 1.10 bits per heavy atom. The molecule has 10 nitrogen and oxygen atoms in total. The zero-order valence-corrected chi connectivity index (χ0v) is 47.5. The monoisotopic (exact) mass is 1010 g/mol. The molecule has 11 heteroatoms. The first-order chi connectivity index (χ1) is 34.4. The lowest BCUT2D eigenvalue weighted by molar-refractivity contribution is -0.278. The van der Waals surface area contributed by atoms with Crippen molar-refractivity contribution in [2.45, 2.75) is 277 Å². The van der Waals surface area contributed by atoms with Crippen LogP contribution < -0.4 is 14.8 Å². The van der Waals surface area contributed by atoms with Gasteiger partial charge in [0.15, 0.2) is 32.9 Å². The standard InChI is InChI=1S/C60H103NO9Si/c1-9-12-15-18-21-24-25-26-27-30-36-41-54(62)69-57-55(59(66-47-49-39-34-33-35-40-49)68-53(48-67-60(4,5)6)56(57)70-71(7)8)61-58(63)50-42-43-51(64-44-37-31-28-22-19-16-13-10-2)52(46-50)65-45-38-32-29-23-20-17-14-11-3/h33-35,39-40,42-43,46,53,55-57,59,71H,9-32,36-38,41,44-45,47-48H2,1-8H3,(H,61,63)/t53-,55-,56-,57-,59-/m1/s1. The number of amides is 1. The highest BCUT2D eigenvalue weighted by Gasteiger charge is 2.50. The summed E-state index contributed by atoms with van der Waals surface area (Å²) < 4.78 is 45.8. The highest BCUT2D eigenvalue weighted by Crippen LogP contribution is 2.33. The predicted octanol–water partition coefficient (Wildman–Crippen LogP) is 15.6. The van der Waals surface area contributed by atoms with E-state index in [-0.39, 0.29) is 31.5 Å². The molecule has 0 spiro atoms. The van der Waals surface area contributed by atoms with Crippen molar-refractivity contribution in [3.63, 3.8) is 0 Å². The van der Waals surface area contributed by atoms with Gasteiger partial charge in [0.2, 0.25) is 0 Å². The Labute approximate surface area is 435 Å². The fourth-order valence-corrected chi connectivity index (χ4v) is 10.1. The lowest BCUT2D eigenvalue weighted by Gasteiger charge is -2.47. The second-order valence-electron chi connectivity index (χ2n) is 21.5. The maximum absolute atomic E-state index is 14.7. The number of esters is 1. The normalized spacial score (nSPS) is 18.2. The Morgan fingerprint density at radius 3 is 1.61 bits per heavy atom. The number of rotatable bonds is 42. The summed E-state index contributed by atoms with van der Waals surface area (Å²) in [5.74, 6) is 0.506. The van der Waals surface area contributed by atoms with Crippen LogP contribution >= 0.6 is 0 Å². The molecule has 71 heavy (non-hydrogen) atoms. The second-order valence-corrected chi connectivity index (χ2v) is 23.8. The second kappa shape index (κ2) is 38.6. The van der Waals surface area contributed by atoms with Gasteiger partial charge >= 0.3 is 5.97 Å². The maximum atomic E-state index is 14.7. The van der Waals surface area contributed by atoms with E-state index in [4.69, 9.17) is 32.8 Å². The molecule has 1 aliphatic heterocycles. The minimum atomic E-state index is -1.76. The number of hydrogen-bond donors (Lipinski definition) is 1. The van der Waals surface area contributed by atoms with Gasteiger partial charge in [-0.05, 0) is 76.9 Å². The summed E-state index contributed by atoms with van der Waals surface area (Å²) in [4.78, 5) is 28.7. The van der Waals surface area contributed by atoms with E-state index >= 15 is 0 Å². The van der Waals surface area contributed by atoms with Gasteiger partial charge in [0, 0.05) is 12.0 Å². The van der Waals surface area contributed by atoms with Crippen LogP contribution in [0.4, 0.5) is 0 Å². The van der Waals surface area contributed by atoms with E-state index in [1.165, 1.54) is 128 Å². The minimum absolute atomic E-state index is 0.188. The Morgan fingerprint density at radius 1 is 0.606 bits per heavy atom. The minimum Gasteiger partial charge on any atom is -0.490 e. The Hall–Kier alpha value is -2.96. The van der Waals surface area contributed by atoms with Crippen molar-refractivity contribution in [3.8, 4) is 11.5 Å². The molecule has 3 rings (SSSR count). The zero-order chi connectivity index (χ0) is 51.4. The number of ether oxygens (including phenoxy) is 6. The van der Waals surface area contributed by atoms with Crippen LogP contribution in [0.1, 0.15) is 237 Å². The topological polar surface area (TPSA) is 111 Å². The maximum Gasteiger partial charge on any atom is 0.306 e. The largest absolute Gasteiger partial charge is 0.490 e. The number of carbonyl (C=O) groups is 2. The van der Waals surface area contributed by atoms with Crippen LogP contribution in [0.25, 0.3) is 0 Å². The molecule has 0 bridgehead atoms. The van der Waals surface area contributed by atoms with Gasteiger partial charge in [-0.15, -0.1) is 0 Å². The molecule has 0 aliphatic carbocycles. The molecule has 1 N–H and O–H groups in total. The van der Waals surface area contributed by atoms with Crippen LogP contribution in [0.5, 0.6) is 11.5 Å². The van der Waals surface area contributed by atoms with Crippen molar-refractivity contribution in [1.29, 1.82) is 0 Å². The molecule has 1 fully saturated rings. The number of benzene rings is 2. The lowest BCUT2D eigenvalue weighted by atomic mass is 9.95. The number of carbonyl (C=O) groups excluding carboxylic acids is 2. The molecule has 0 saturated carbocycles. The van der Waals surface area contributed by atoms with Crippen molar-refractivity contribution in [3.05, 3.63) is 59.7 Å². The number of hydrogen-bond acceptors (Lipinski definition) is 9. The van der Waals surface area contributed by atoms with E-state index in [2.05, 4.69) is 39.2 Å². The molecule has 1 aliphatic rings. The number of unbranched alkanes of at least 4 members (excludes halogenated alkanes) is 24. The van der Waals surface area contributed by atoms with Crippen LogP contribution in [-0.4, -0.2) is 77.0 Å². The molecule has 2 aromatic carbocycles. The summed E-state index contributed by atoms with van der Waals surface area (Å²) in [5.41, 5.74) is 0.882. The molecular formula is C60H103NO9Si. The van der Waals surface area contributed by atoms with Gasteiger partial charge in [0.1, 0.15) is 18.2 Å². The molecule has 1 heterocycles. The van der Waals surface area contributed by atoms with Crippen LogP contribution in [-0.2, 0) is 34.8 Å². The highest BCUT2D eigenvalue weighted by atomic mass is 28.3. The first kappa shape index (κ1) is 62.3. The Balaban J connectivity index is 1.87. The van der Waals surface area contributed by atoms with Crippen LogP contribution in [0.3, 0.4) is 0 Å². The van der Waals surface area contributed by atoms with Crippen LogP contribution in [0, 0.1) is 0 Å². The molecule has 5 atom stereocenters. The fourth-order valence-electron chi connectivity index (χ4n) is 9.13. The summed E-state index contributed by atoms with van der Waals surface area (Å²) >= 11 is 0. The van der Waals surface area contributed by atoms with Crippen molar-refractivity contribution in [1.82, 2.24) is 5.32 Å². The molecule has 1 saturated heterocycles. The van der Waals surface area contributed by atoms with Gasteiger partial charge < -0.3 is 38.2 Å². The summed E-state index contributed by atoms with van der Waals surface area (Å²) in [6.45, 7) is 18.5. The third-order valence-electron chi connectivity index (χ3n) is 13.3. The fraction of sp³-hybridized carbons (Fsp3) is 0.767. The van der Waals surface area contributed by atoms with E-state index in [0.29, 0.717) is 30.3 Å². The van der Waals surface area contributed by atoms with Crippen LogP contribution in [0.2, 0.25) is 13.1 Å². The summed E-state index contributed by atoms with van der Waals surface area (Å²) in [6, 6.07) is 14.4. The first-order valence-corrected chi connectivity index (χ1v) is 31.7. The van der Waals surface area contributed by atoms with Crippen molar-refractivity contribution < 1.29 is 42.4 Å².